The van der Waals surface area contributed by atoms with Gasteiger partial charge in [0.15, 0.2) is 29.6 Å². The van der Waals surface area contributed by atoms with Crippen molar-refractivity contribution in [3.05, 3.63) is 130 Å². The molecular weight excluding hydrogens is 764 g/mol. The van der Waals surface area contributed by atoms with Crippen LogP contribution in [-0.2, 0) is 22.6 Å². The van der Waals surface area contributed by atoms with Crippen molar-refractivity contribution in [2.45, 2.75) is 129 Å². The lowest BCUT2D eigenvalue weighted by Crippen LogP contribution is -2.40. The van der Waals surface area contributed by atoms with Crippen LogP contribution in [-0.4, -0.2) is 41.7 Å². The number of nitrogens with one attached hydrogen (secondary N) is 1. The molecule has 1 heterocycles. The maximum atomic E-state index is 14.3. The first-order chi connectivity index (χ1) is 28.6. The third-order valence-corrected chi connectivity index (χ3v) is 11.0. The van der Waals surface area contributed by atoms with Gasteiger partial charge in [0.25, 0.3) is 5.91 Å². The van der Waals surface area contributed by atoms with E-state index in [1.807, 2.05) is 54.6 Å². The summed E-state index contributed by atoms with van der Waals surface area (Å²) in [6, 6.07) is 22.7. The van der Waals surface area contributed by atoms with E-state index in [1.54, 1.807) is 18.2 Å². The predicted molar refractivity (Wildman–Crippen MR) is 221 cm³/mol. The number of aliphatic hydroxyl groups excluding tert-OH is 1. The molecule has 59 heavy (non-hydrogen) atoms. The summed E-state index contributed by atoms with van der Waals surface area (Å²) in [6.45, 7) is 7.04. The summed E-state index contributed by atoms with van der Waals surface area (Å²) < 4.78 is 83.1. The fourth-order valence-corrected chi connectivity index (χ4v) is 7.65. The van der Waals surface area contributed by atoms with Crippen LogP contribution in [0, 0.1) is 29.1 Å². The van der Waals surface area contributed by atoms with Gasteiger partial charge in [0.05, 0.1) is 18.8 Å². The van der Waals surface area contributed by atoms with Crippen molar-refractivity contribution in [3.8, 4) is 11.1 Å². The van der Waals surface area contributed by atoms with Gasteiger partial charge in [-0.25, -0.2) is 22.0 Å². The van der Waals surface area contributed by atoms with E-state index >= 15 is 0 Å². The molecule has 1 amide bonds. The minimum atomic E-state index is -2.33. The number of amides is 1. The number of carbonyl (C=O) groups is 1. The van der Waals surface area contributed by atoms with Gasteiger partial charge >= 0.3 is 0 Å². The van der Waals surface area contributed by atoms with Crippen molar-refractivity contribution in [1.82, 2.24) is 10.2 Å². The van der Waals surface area contributed by atoms with Gasteiger partial charge in [0, 0.05) is 25.1 Å². The molecule has 0 unspecified atom stereocenters. The van der Waals surface area contributed by atoms with Crippen molar-refractivity contribution < 1.29 is 41.3 Å². The lowest BCUT2D eigenvalue weighted by molar-refractivity contribution is -0.253. The smallest absolute Gasteiger partial charge is 0.257 e. The third-order valence-electron chi connectivity index (χ3n) is 11.0. The number of unbranched alkanes of at least 4 members (excludes halogenated alkanes) is 10. The molecule has 2 N–H and O–H groups in total. The largest absolute Gasteiger partial charge is 0.392 e. The Bertz CT molecular complexity index is 1880. The minimum Gasteiger partial charge on any atom is -0.392 e. The molecule has 0 aliphatic carbocycles. The fraction of sp³-hybridized carbons (Fsp3) is 0.479. The van der Waals surface area contributed by atoms with Crippen LogP contribution in [0.1, 0.15) is 142 Å². The van der Waals surface area contributed by atoms with E-state index in [4.69, 9.17) is 9.47 Å². The number of carbonyl (C=O) groups excluding carboxylic acids is 1. The SMILES string of the molecule is CCCCCCCCN(CCCCCCCC)C[C@H]1C[C@@H](c2ccc(CO)cc2)O[C@@H](c2cccc(-c3cccc(CNC(=O)c4c(F)c(F)c(F)c(F)c4F)c3)c2)O1. The van der Waals surface area contributed by atoms with Crippen LogP contribution in [0.2, 0.25) is 0 Å². The molecule has 4 aromatic carbocycles. The molecule has 1 saturated heterocycles. The monoisotopic (exact) mass is 822 g/mol. The van der Waals surface area contributed by atoms with Gasteiger partial charge in [0.2, 0.25) is 5.82 Å². The highest BCUT2D eigenvalue weighted by Crippen LogP contribution is 2.39. The summed E-state index contributed by atoms with van der Waals surface area (Å²) in [5, 5.41) is 12.0. The van der Waals surface area contributed by atoms with Crippen LogP contribution < -0.4 is 5.32 Å². The van der Waals surface area contributed by atoms with Gasteiger partial charge in [-0.2, -0.15) is 0 Å². The highest BCUT2D eigenvalue weighted by Gasteiger charge is 2.34. The normalized spacial score (nSPS) is 16.8. The highest BCUT2D eigenvalue weighted by atomic mass is 19.2. The number of rotatable bonds is 23. The molecule has 0 spiro atoms. The zero-order valence-electron chi connectivity index (χ0n) is 34.4. The second-order valence-corrected chi connectivity index (χ2v) is 15.6. The Balaban J connectivity index is 1.32. The molecule has 0 saturated carbocycles. The quantitative estimate of drug-likeness (QED) is 0.0337. The molecule has 1 aliphatic rings. The van der Waals surface area contributed by atoms with Gasteiger partial charge in [-0.05, 0) is 65.9 Å². The summed E-state index contributed by atoms with van der Waals surface area (Å²) in [6.07, 6.45) is 14.5. The Morgan fingerprint density at radius 3 is 1.83 bits per heavy atom. The standard InChI is InChI=1S/C48H59F5N2O4/c1-3-5-7-9-11-13-25-55(26-14-12-10-8-6-4-2)31-39-29-40(35-23-21-33(32-56)22-24-35)59-48(58-39)38-20-16-19-37(28-38)36-18-15-17-34(27-36)30-54-47(57)41-42(49)44(51)46(53)45(52)43(41)50/h15-24,27-28,39-40,48,56H,3-14,25-26,29-32H2,1-2H3,(H,54,57)/t39-,40+,48+/m1/s1. The molecule has 11 heteroatoms. The summed E-state index contributed by atoms with van der Waals surface area (Å²) in [4.78, 5) is 15.2. The Kier molecular flexibility index (Phi) is 18.4. The molecule has 6 nitrogen and oxygen atoms in total. The van der Waals surface area contributed by atoms with Crippen LogP contribution in [0.15, 0.2) is 72.8 Å². The minimum absolute atomic E-state index is 0.0440. The number of benzene rings is 4. The summed E-state index contributed by atoms with van der Waals surface area (Å²) >= 11 is 0. The lowest BCUT2D eigenvalue weighted by Gasteiger charge is -2.38. The number of nitrogens with zero attached hydrogens (tertiary/aromatic N) is 1. The molecule has 1 fully saturated rings. The van der Waals surface area contributed by atoms with E-state index in [1.165, 1.54) is 64.2 Å². The van der Waals surface area contributed by atoms with Crippen molar-refractivity contribution >= 4 is 5.91 Å². The topological polar surface area (TPSA) is 71.0 Å². The average Bonchev–Trinajstić information content (AvgIpc) is 3.26. The highest BCUT2D eigenvalue weighted by molar-refractivity contribution is 5.94. The second kappa shape index (κ2) is 23.6. The van der Waals surface area contributed by atoms with E-state index in [-0.39, 0.29) is 25.4 Å². The van der Waals surface area contributed by atoms with Crippen LogP contribution in [0.5, 0.6) is 0 Å². The van der Waals surface area contributed by atoms with Crippen LogP contribution in [0.3, 0.4) is 0 Å². The molecule has 1 aliphatic heterocycles. The van der Waals surface area contributed by atoms with E-state index < -0.39 is 46.8 Å². The lowest BCUT2D eigenvalue weighted by atomic mass is 9.98. The third kappa shape index (κ3) is 13.2. The van der Waals surface area contributed by atoms with E-state index in [9.17, 15) is 31.9 Å². The number of hydrogen-bond acceptors (Lipinski definition) is 5. The number of halogens is 5. The van der Waals surface area contributed by atoms with Gasteiger partial charge in [-0.15, -0.1) is 0 Å². The molecule has 4 aromatic rings. The van der Waals surface area contributed by atoms with Gasteiger partial charge in [-0.1, -0.05) is 139 Å². The van der Waals surface area contributed by atoms with Gasteiger partial charge < -0.3 is 24.8 Å². The van der Waals surface area contributed by atoms with E-state index in [0.717, 1.165) is 60.3 Å². The average molecular weight is 823 g/mol. The van der Waals surface area contributed by atoms with E-state index in [0.29, 0.717) is 12.0 Å². The molecule has 320 valence electrons. The Hall–Kier alpha value is -4.16. The molecule has 5 rings (SSSR count). The number of hydrogen-bond donors (Lipinski definition) is 2. The predicted octanol–water partition coefficient (Wildman–Crippen LogP) is 12.0. The summed E-state index contributed by atoms with van der Waals surface area (Å²) in [7, 11) is 0. The molecule has 0 radical (unpaired) electrons. The maximum absolute atomic E-state index is 14.3. The maximum Gasteiger partial charge on any atom is 0.257 e. The van der Waals surface area contributed by atoms with Crippen molar-refractivity contribution in [1.29, 1.82) is 0 Å². The van der Waals surface area contributed by atoms with Crippen molar-refractivity contribution in [3.63, 3.8) is 0 Å². The molecule has 0 aromatic heterocycles. The zero-order valence-corrected chi connectivity index (χ0v) is 34.4. The van der Waals surface area contributed by atoms with Gasteiger partial charge in [0.1, 0.15) is 5.56 Å². The van der Waals surface area contributed by atoms with Crippen LogP contribution >= 0.6 is 0 Å². The first-order valence-electron chi connectivity index (χ1n) is 21.3. The van der Waals surface area contributed by atoms with Crippen LogP contribution in [0.4, 0.5) is 22.0 Å². The number of ether oxygens (including phenoxy) is 2. The summed E-state index contributed by atoms with van der Waals surface area (Å²) in [5.74, 6) is -12.5. The van der Waals surface area contributed by atoms with E-state index in [2.05, 4.69) is 24.1 Å². The Labute approximate surface area is 346 Å². The Morgan fingerprint density at radius 2 is 1.22 bits per heavy atom. The zero-order chi connectivity index (χ0) is 42.1. The van der Waals surface area contributed by atoms with Gasteiger partial charge in [-0.3, -0.25) is 4.79 Å². The van der Waals surface area contributed by atoms with Crippen molar-refractivity contribution in [2.75, 3.05) is 19.6 Å². The number of aliphatic hydroxyl groups is 1. The molecular formula is C48H59F5N2O4. The molecule has 3 atom stereocenters. The Morgan fingerprint density at radius 1 is 0.661 bits per heavy atom. The van der Waals surface area contributed by atoms with Crippen LogP contribution in [0.25, 0.3) is 11.1 Å². The first kappa shape index (κ1) is 45.9. The first-order valence-corrected chi connectivity index (χ1v) is 21.3. The second-order valence-electron chi connectivity index (χ2n) is 15.6. The van der Waals surface area contributed by atoms with Crippen molar-refractivity contribution in [2.24, 2.45) is 0 Å². The summed E-state index contributed by atoms with van der Waals surface area (Å²) in [5.41, 5.74) is 3.24. The fourth-order valence-electron chi connectivity index (χ4n) is 7.65. The molecule has 0 bridgehead atoms.